The Morgan fingerprint density at radius 1 is 0.471 bits per heavy atom. The standard InChI is InChI=1S/C20H26I.C16H18I.2C10H16O4S/c1-19(2,3)15-7-11-17(12-8-15)21-18-13-9-16(10-14-18)20(4,5)6;1-16(2,3)13-9-11-15(12-10-13)17-14-7-5-4-6-8-14;2*1-9(2)7-3-4-10(9,8(11)5-7)6-15(12,13)14/h7-14H,1-6H3;4-12H,1-3H3;2*7H,3-6H2,1-2H3,(H,12,13,14)/q2*+1;;/p-2. The van der Waals surface area contributed by atoms with Crippen LogP contribution in [0.3, 0.4) is 0 Å². The Bertz CT molecular complexity index is 2470. The predicted octanol–water partition coefficient (Wildman–Crippen LogP) is 5.38. The maximum Gasteiger partial charge on any atom is 0.357 e. The van der Waals surface area contributed by atoms with E-state index in [2.05, 4.69) is 165 Å². The summed E-state index contributed by atoms with van der Waals surface area (Å²) in [5, 5.41) is 0. The Morgan fingerprint density at radius 2 is 0.735 bits per heavy atom. The first-order valence-corrected chi connectivity index (χ1v) is 31.2. The van der Waals surface area contributed by atoms with Gasteiger partial charge in [0.1, 0.15) is 11.6 Å². The molecular weight excluding hydrogens is 1120 g/mol. The van der Waals surface area contributed by atoms with E-state index in [4.69, 9.17) is 0 Å². The fraction of sp³-hybridized carbons (Fsp3) is 0.536. The summed E-state index contributed by atoms with van der Waals surface area (Å²) >= 11 is -0.0911. The van der Waals surface area contributed by atoms with E-state index in [-0.39, 0.29) is 92.9 Å². The van der Waals surface area contributed by atoms with Crippen molar-refractivity contribution in [3.8, 4) is 0 Å². The number of hydrogen-bond acceptors (Lipinski definition) is 8. The molecule has 4 atom stereocenters. The van der Waals surface area contributed by atoms with Gasteiger partial charge in [-0.05, 0) is 130 Å². The zero-order chi connectivity index (χ0) is 50.9. The summed E-state index contributed by atoms with van der Waals surface area (Å²) < 4.78 is 71.3. The quantitative estimate of drug-likeness (QED) is 0.169. The number of fused-ring (bicyclic) bond motifs is 4. The number of rotatable bonds is 8. The summed E-state index contributed by atoms with van der Waals surface area (Å²) in [7, 11) is -8.65. The second-order valence-electron chi connectivity index (χ2n) is 23.5. The molecule has 372 valence electrons. The van der Waals surface area contributed by atoms with E-state index in [1.807, 2.05) is 27.7 Å². The number of Topliss-reactive ketones (excluding diaryl/α,β-unsaturated/α-hetero) is 2. The Kier molecular flexibility index (Phi) is 17.4. The molecule has 4 aromatic rings. The van der Waals surface area contributed by atoms with E-state index in [1.165, 1.54) is 31.0 Å². The number of halogens is 2. The zero-order valence-corrected chi connectivity index (χ0v) is 48.4. The van der Waals surface area contributed by atoms with E-state index in [0.717, 1.165) is 12.8 Å². The molecule has 8 rings (SSSR count). The first kappa shape index (κ1) is 56.4. The minimum Gasteiger partial charge on any atom is -0.748 e. The summed E-state index contributed by atoms with van der Waals surface area (Å²) in [5.41, 5.74) is 2.54. The van der Waals surface area contributed by atoms with Gasteiger partial charge in [-0.25, -0.2) is 16.8 Å². The van der Waals surface area contributed by atoms with Crippen LogP contribution in [0, 0.1) is 47.8 Å². The van der Waals surface area contributed by atoms with Crippen LogP contribution in [-0.4, -0.2) is 49.0 Å². The van der Waals surface area contributed by atoms with Gasteiger partial charge in [0, 0.05) is 23.7 Å². The highest BCUT2D eigenvalue weighted by Crippen LogP contribution is 2.65. The first-order chi connectivity index (χ1) is 31.1. The van der Waals surface area contributed by atoms with E-state index < -0.39 is 42.6 Å². The van der Waals surface area contributed by atoms with Crippen LogP contribution in [0.2, 0.25) is 0 Å². The van der Waals surface area contributed by atoms with Crippen LogP contribution in [0.25, 0.3) is 0 Å². The molecule has 0 amide bonds. The van der Waals surface area contributed by atoms with E-state index in [0.29, 0.717) is 25.7 Å². The number of hydrogen-bond donors (Lipinski definition) is 0. The average molecular weight is 1190 g/mol. The highest BCUT2D eigenvalue weighted by molar-refractivity contribution is 7.86. The lowest BCUT2D eigenvalue weighted by Gasteiger charge is -2.37. The minimum absolute atomic E-state index is 0.0208. The van der Waals surface area contributed by atoms with Gasteiger partial charge in [-0.1, -0.05) is 145 Å². The molecule has 4 bridgehead atoms. The SMILES string of the molecule is CC(C)(C)c1ccc([I+]c2ccc(C(C)(C)C)cc2)cc1.CC(C)(C)c1ccc([I+]c2ccccc2)cc1.CC1(C)C2CCC1(CS(=O)(=O)[O-])C(=O)C2.CC1(C)C2CCC1(CS(=O)(=O)[O-])C(=O)C2. The van der Waals surface area contributed by atoms with Crippen LogP contribution >= 0.6 is 0 Å². The van der Waals surface area contributed by atoms with E-state index >= 15 is 0 Å². The van der Waals surface area contributed by atoms with Crippen molar-refractivity contribution in [2.75, 3.05) is 11.5 Å². The second-order valence-corrected chi connectivity index (χ2v) is 32.4. The molecule has 0 aliphatic heterocycles. The molecule has 0 aromatic heterocycles. The van der Waals surface area contributed by atoms with Crippen molar-refractivity contribution in [3.63, 3.8) is 0 Å². The molecule has 0 spiro atoms. The third-order valence-corrected chi connectivity index (χ3v) is 22.5. The maximum absolute atomic E-state index is 11.8. The fourth-order valence-electron chi connectivity index (χ4n) is 10.6. The number of benzene rings is 4. The number of carbonyl (C=O) groups excluding carboxylic acids is 2. The van der Waals surface area contributed by atoms with Crippen molar-refractivity contribution in [1.82, 2.24) is 0 Å². The van der Waals surface area contributed by atoms with Crippen LogP contribution in [0.15, 0.2) is 103 Å². The third-order valence-electron chi connectivity index (χ3n) is 15.4. The van der Waals surface area contributed by atoms with Crippen LogP contribution in [0.1, 0.15) is 145 Å². The molecule has 4 saturated carbocycles. The summed E-state index contributed by atoms with van der Waals surface area (Å²) in [6.07, 6.45) is 3.75. The number of carbonyl (C=O) groups is 2. The summed E-state index contributed by atoms with van der Waals surface area (Å²) in [4.78, 5) is 23.7. The molecule has 12 heteroatoms. The second kappa shape index (κ2) is 20.9. The monoisotopic (exact) mass is 1190 g/mol. The van der Waals surface area contributed by atoms with Crippen molar-refractivity contribution >= 4 is 31.8 Å². The van der Waals surface area contributed by atoms with Crippen molar-refractivity contribution in [1.29, 1.82) is 0 Å². The average Bonchev–Trinajstić information content (AvgIpc) is 3.74. The van der Waals surface area contributed by atoms with Crippen LogP contribution < -0.4 is 42.4 Å². The van der Waals surface area contributed by atoms with Gasteiger partial charge in [0.05, 0.1) is 31.7 Å². The van der Waals surface area contributed by atoms with Gasteiger partial charge in [-0.3, -0.25) is 9.59 Å². The molecule has 68 heavy (non-hydrogen) atoms. The molecule has 0 N–H and O–H groups in total. The van der Waals surface area contributed by atoms with Crippen LogP contribution in [0.4, 0.5) is 0 Å². The largest absolute Gasteiger partial charge is 0.748 e. The lowest BCUT2D eigenvalue weighted by molar-refractivity contribution is -0.597. The Hall–Kier alpha value is -2.50. The maximum atomic E-state index is 11.8. The molecule has 4 fully saturated rings. The molecule has 0 radical (unpaired) electrons. The highest BCUT2D eigenvalue weighted by atomic mass is 127. The summed E-state index contributed by atoms with van der Waals surface area (Å²) in [6.45, 7) is 28.0. The molecule has 0 heterocycles. The normalized spacial score (nSPS) is 23.8. The van der Waals surface area contributed by atoms with Crippen molar-refractivity contribution in [2.24, 2.45) is 33.5 Å². The van der Waals surface area contributed by atoms with E-state index in [1.54, 1.807) is 0 Å². The Balaban J connectivity index is 0.000000171. The van der Waals surface area contributed by atoms with Gasteiger partial charge in [0.15, 0.2) is 14.3 Å². The van der Waals surface area contributed by atoms with Crippen molar-refractivity contribution in [3.05, 3.63) is 134 Å². The summed E-state index contributed by atoms with van der Waals surface area (Å²) in [6, 6.07) is 38.3. The van der Waals surface area contributed by atoms with Gasteiger partial charge < -0.3 is 9.11 Å². The number of ketones is 2. The van der Waals surface area contributed by atoms with Gasteiger partial charge in [-0.15, -0.1) is 0 Å². The molecule has 4 aliphatic rings. The van der Waals surface area contributed by atoms with Gasteiger partial charge >= 0.3 is 42.4 Å². The predicted molar refractivity (Wildman–Crippen MR) is 263 cm³/mol. The van der Waals surface area contributed by atoms with Gasteiger partial charge in [0.25, 0.3) is 0 Å². The van der Waals surface area contributed by atoms with Gasteiger partial charge in [-0.2, -0.15) is 0 Å². The third kappa shape index (κ3) is 13.5. The zero-order valence-electron chi connectivity index (χ0n) is 42.5. The van der Waals surface area contributed by atoms with Crippen LogP contribution in [-0.2, 0) is 46.1 Å². The molecule has 4 aliphatic carbocycles. The molecule has 4 unspecified atom stereocenters. The van der Waals surface area contributed by atoms with Crippen molar-refractivity contribution < 1.29 is 77.9 Å². The lowest BCUT2D eigenvalue weighted by Crippen LogP contribution is -3.61. The lowest BCUT2D eigenvalue weighted by atomic mass is 9.70. The molecule has 0 saturated heterocycles. The Labute approximate surface area is 430 Å². The highest BCUT2D eigenvalue weighted by Gasteiger charge is 2.65. The molecule has 8 nitrogen and oxygen atoms in total. The topological polar surface area (TPSA) is 149 Å². The molecular formula is C56H74I2O8S2. The minimum atomic E-state index is -4.33. The summed E-state index contributed by atoms with van der Waals surface area (Å²) in [5.74, 6) is -0.560. The Morgan fingerprint density at radius 3 is 0.941 bits per heavy atom. The fourth-order valence-corrected chi connectivity index (χ4v) is 17.5. The van der Waals surface area contributed by atoms with Crippen LogP contribution in [0.5, 0.6) is 0 Å². The van der Waals surface area contributed by atoms with Crippen molar-refractivity contribution in [2.45, 2.75) is 145 Å². The first-order valence-electron chi connectivity index (χ1n) is 23.7. The molecule has 4 aromatic carbocycles. The van der Waals surface area contributed by atoms with Gasteiger partial charge in [0.2, 0.25) is 0 Å². The smallest absolute Gasteiger partial charge is 0.357 e. The van der Waals surface area contributed by atoms with E-state index in [9.17, 15) is 35.5 Å².